The lowest BCUT2D eigenvalue weighted by atomic mass is 10.1. The van der Waals surface area contributed by atoms with Gasteiger partial charge in [0.2, 0.25) is 5.95 Å². The van der Waals surface area contributed by atoms with Gasteiger partial charge in [-0.3, -0.25) is 4.79 Å². The van der Waals surface area contributed by atoms with Gasteiger partial charge in [-0.15, -0.1) is 0 Å². The molecule has 24 heavy (non-hydrogen) atoms. The van der Waals surface area contributed by atoms with Crippen molar-refractivity contribution in [2.24, 2.45) is 0 Å². The van der Waals surface area contributed by atoms with E-state index >= 15 is 0 Å². The Kier molecular flexibility index (Phi) is 6.29. The number of aromatic nitrogens is 2. The third-order valence-electron chi connectivity index (χ3n) is 4.01. The first-order chi connectivity index (χ1) is 11.6. The molecule has 5 heteroatoms. The summed E-state index contributed by atoms with van der Waals surface area (Å²) in [5.74, 6) is 0.621. The molecule has 2 aromatic rings. The summed E-state index contributed by atoms with van der Waals surface area (Å²) in [7, 11) is 0. The molecule has 0 bridgehead atoms. The fourth-order valence-corrected chi connectivity index (χ4v) is 2.54. The number of anilines is 1. The monoisotopic (exact) mass is 326 g/mol. The average molecular weight is 326 g/mol. The van der Waals surface area contributed by atoms with Crippen LogP contribution in [0.5, 0.6) is 0 Å². The number of amides is 1. The molecule has 0 N–H and O–H groups in total. The van der Waals surface area contributed by atoms with E-state index in [9.17, 15) is 4.79 Å². The molecule has 0 aliphatic heterocycles. The van der Waals surface area contributed by atoms with Gasteiger partial charge in [-0.1, -0.05) is 30.3 Å². The van der Waals surface area contributed by atoms with Gasteiger partial charge in [0.05, 0.1) is 5.56 Å². The van der Waals surface area contributed by atoms with Crippen molar-refractivity contribution in [3.63, 3.8) is 0 Å². The van der Waals surface area contributed by atoms with Crippen molar-refractivity contribution in [2.75, 3.05) is 18.0 Å². The molecule has 0 unspecified atom stereocenters. The van der Waals surface area contributed by atoms with Gasteiger partial charge < -0.3 is 9.80 Å². The molecule has 2 rings (SSSR count). The first kappa shape index (κ1) is 17.9. The third kappa shape index (κ3) is 4.31. The Morgan fingerprint density at radius 2 is 1.62 bits per heavy atom. The largest absolute Gasteiger partial charge is 0.341 e. The second-order valence-electron chi connectivity index (χ2n) is 5.96. The maximum Gasteiger partial charge on any atom is 0.257 e. The number of rotatable bonds is 7. The van der Waals surface area contributed by atoms with Gasteiger partial charge in [0.1, 0.15) is 0 Å². The molecule has 0 aliphatic rings. The highest BCUT2D eigenvalue weighted by atomic mass is 16.2. The van der Waals surface area contributed by atoms with Crippen molar-refractivity contribution in [1.82, 2.24) is 14.9 Å². The molecule has 0 fully saturated rings. The van der Waals surface area contributed by atoms with Gasteiger partial charge in [-0.25, -0.2) is 9.97 Å². The van der Waals surface area contributed by atoms with Crippen molar-refractivity contribution >= 4 is 11.9 Å². The Balaban J connectivity index is 2.17. The fourth-order valence-electron chi connectivity index (χ4n) is 2.54. The van der Waals surface area contributed by atoms with Crippen molar-refractivity contribution in [3.8, 4) is 0 Å². The zero-order chi connectivity index (χ0) is 17.5. The highest BCUT2D eigenvalue weighted by molar-refractivity contribution is 5.93. The lowest BCUT2D eigenvalue weighted by molar-refractivity contribution is 0.0689. The zero-order valence-electron chi connectivity index (χ0n) is 14.9. The molecule has 1 heterocycles. The molecule has 1 amide bonds. The first-order valence-electron chi connectivity index (χ1n) is 8.48. The van der Waals surface area contributed by atoms with Gasteiger partial charge in [0.15, 0.2) is 0 Å². The lowest BCUT2D eigenvalue weighted by Gasteiger charge is -2.27. The van der Waals surface area contributed by atoms with Gasteiger partial charge in [-0.05, 0) is 33.3 Å². The smallest absolute Gasteiger partial charge is 0.257 e. The minimum Gasteiger partial charge on any atom is -0.341 e. The SMILES string of the molecule is CCN(CC)c1ncc(C(=O)N(Cc2ccccc2)C(C)C)cn1. The molecule has 128 valence electrons. The third-order valence-corrected chi connectivity index (χ3v) is 4.01. The van der Waals surface area contributed by atoms with Crippen molar-refractivity contribution in [3.05, 3.63) is 53.9 Å². The standard InChI is InChI=1S/C19H26N4O/c1-5-22(6-2)19-20-12-17(13-21-19)18(24)23(15(3)4)14-16-10-8-7-9-11-16/h7-13,15H,5-6,14H2,1-4H3. The lowest BCUT2D eigenvalue weighted by Crippen LogP contribution is -2.36. The maximum atomic E-state index is 12.8. The van der Waals surface area contributed by atoms with Crippen LogP contribution in [0.2, 0.25) is 0 Å². The van der Waals surface area contributed by atoms with Crippen LogP contribution in [-0.2, 0) is 6.54 Å². The quantitative estimate of drug-likeness (QED) is 0.783. The van der Waals surface area contributed by atoms with Crippen molar-refractivity contribution < 1.29 is 4.79 Å². The Hall–Kier alpha value is -2.43. The minimum atomic E-state index is -0.0417. The number of carbonyl (C=O) groups is 1. The molecule has 0 spiro atoms. The summed E-state index contributed by atoms with van der Waals surface area (Å²) in [6.45, 7) is 10.4. The second-order valence-corrected chi connectivity index (χ2v) is 5.96. The molecule has 0 radical (unpaired) electrons. The van der Waals surface area contributed by atoms with Crippen LogP contribution in [0, 0.1) is 0 Å². The zero-order valence-corrected chi connectivity index (χ0v) is 14.9. The predicted molar refractivity (Wildman–Crippen MR) is 97.0 cm³/mol. The number of carbonyl (C=O) groups excluding carboxylic acids is 1. The summed E-state index contributed by atoms with van der Waals surface area (Å²) in [5.41, 5.74) is 1.63. The second kappa shape index (κ2) is 8.43. The summed E-state index contributed by atoms with van der Waals surface area (Å²) in [5, 5.41) is 0. The Labute approximate surface area is 144 Å². The molecule has 0 aliphatic carbocycles. The summed E-state index contributed by atoms with van der Waals surface area (Å²) in [4.78, 5) is 25.5. The Morgan fingerprint density at radius 3 is 2.12 bits per heavy atom. The number of hydrogen-bond acceptors (Lipinski definition) is 4. The number of benzene rings is 1. The van der Waals surface area contributed by atoms with Crippen LogP contribution >= 0.6 is 0 Å². The highest BCUT2D eigenvalue weighted by Crippen LogP contribution is 2.14. The number of nitrogens with zero attached hydrogens (tertiary/aromatic N) is 4. The highest BCUT2D eigenvalue weighted by Gasteiger charge is 2.20. The van der Waals surface area contributed by atoms with Crippen molar-refractivity contribution in [1.29, 1.82) is 0 Å². The molecule has 0 saturated carbocycles. The van der Waals surface area contributed by atoms with Crippen LogP contribution in [0.3, 0.4) is 0 Å². The van der Waals surface area contributed by atoms with Crippen molar-refractivity contribution in [2.45, 2.75) is 40.3 Å². The summed E-state index contributed by atoms with van der Waals surface area (Å²) < 4.78 is 0. The van der Waals surface area contributed by atoms with E-state index in [2.05, 4.69) is 28.7 Å². The summed E-state index contributed by atoms with van der Waals surface area (Å²) in [6, 6.07) is 10.1. The van der Waals surface area contributed by atoms with E-state index in [0.29, 0.717) is 18.1 Å². The predicted octanol–water partition coefficient (Wildman–Crippen LogP) is 3.37. The molecular formula is C19H26N4O. The van der Waals surface area contributed by atoms with E-state index in [-0.39, 0.29) is 11.9 Å². The maximum absolute atomic E-state index is 12.8. The molecule has 1 aromatic heterocycles. The van der Waals surface area contributed by atoms with Gasteiger partial charge in [0, 0.05) is 38.1 Å². The van der Waals surface area contributed by atoms with Gasteiger partial charge in [0.25, 0.3) is 5.91 Å². The molecule has 0 saturated heterocycles. The molecular weight excluding hydrogens is 300 g/mol. The first-order valence-corrected chi connectivity index (χ1v) is 8.48. The van der Waals surface area contributed by atoms with E-state index in [1.807, 2.05) is 49.1 Å². The van der Waals surface area contributed by atoms with E-state index in [1.165, 1.54) is 0 Å². The minimum absolute atomic E-state index is 0.0417. The van der Waals surface area contributed by atoms with Crippen LogP contribution in [-0.4, -0.2) is 39.9 Å². The summed E-state index contributed by atoms with van der Waals surface area (Å²) in [6.07, 6.45) is 3.26. The normalized spacial score (nSPS) is 10.7. The molecule has 1 aromatic carbocycles. The fraction of sp³-hybridized carbons (Fsp3) is 0.421. The number of hydrogen-bond donors (Lipinski definition) is 0. The van der Waals surface area contributed by atoms with E-state index < -0.39 is 0 Å². The van der Waals surface area contributed by atoms with Gasteiger partial charge >= 0.3 is 0 Å². The van der Waals surface area contributed by atoms with Crippen LogP contribution in [0.4, 0.5) is 5.95 Å². The van der Waals surface area contributed by atoms with E-state index in [0.717, 1.165) is 18.7 Å². The summed E-state index contributed by atoms with van der Waals surface area (Å²) >= 11 is 0. The topological polar surface area (TPSA) is 49.3 Å². The Bertz CT molecular complexity index is 636. The molecule has 5 nitrogen and oxygen atoms in total. The van der Waals surface area contributed by atoms with E-state index in [1.54, 1.807) is 12.4 Å². The molecule has 0 atom stereocenters. The van der Waals surface area contributed by atoms with Crippen LogP contribution in [0.1, 0.15) is 43.6 Å². The van der Waals surface area contributed by atoms with Crippen LogP contribution in [0.15, 0.2) is 42.7 Å². The van der Waals surface area contributed by atoms with Crippen LogP contribution in [0.25, 0.3) is 0 Å². The van der Waals surface area contributed by atoms with Crippen LogP contribution < -0.4 is 4.90 Å². The van der Waals surface area contributed by atoms with E-state index in [4.69, 9.17) is 0 Å². The average Bonchev–Trinajstić information content (AvgIpc) is 2.61. The van der Waals surface area contributed by atoms with Gasteiger partial charge in [-0.2, -0.15) is 0 Å². The Morgan fingerprint density at radius 1 is 1.04 bits per heavy atom.